The zero-order chi connectivity index (χ0) is 11.8. The average molecular weight is 219 g/mol. The maximum Gasteiger partial charge on any atom is -0.00464 e. The Morgan fingerprint density at radius 2 is 1.69 bits per heavy atom. The number of hydrogen-bond acceptors (Lipinski definition) is 1. The number of hydrogen-bond donors (Lipinski definition) is 1. The summed E-state index contributed by atoms with van der Waals surface area (Å²) in [6, 6.07) is 9.07. The van der Waals surface area contributed by atoms with Crippen LogP contribution < -0.4 is 5.32 Å². The van der Waals surface area contributed by atoms with Crippen molar-refractivity contribution in [2.24, 2.45) is 5.92 Å². The molecule has 1 aromatic rings. The highest BCUT2D eigenvalue weighted by Crippen LogP contribution is 2.12. The van der Waals surface area contributed by atoms with Gasteiger partial charge in [-0.25, -0.2) is 0 Å². The van der Waals surface area contributed by atoms with Crippen molar-refractivity contribution >= 4 is 0 Å². The zero-order valence-electron chi connectivity index (χ0n) is 10.9. The minimum absolute atomic E-state index is 0.770. The number of nitrogens with one attached hydrogen (secondary N) is 1. The lowest BCUT2D eigenvalue weighted by Gasteiger charge is -2.11. The molecule has 0 saturated carbocycles. The highest BCUT2D eigenvalue weighted by Gasteiger charge is 2.03. The molecule has 0 aliphatic rings. The van der Waals surface area contributed by atoms with E-state index in [1.54, 1.807) is 0 Å². The van der Waals surface area contributed by atoms with Gasteiger partial charge in [0.05, 0.1) is 0 Å². The van der Waals surface area contributed by atoms with Crippen molar-refractivity contribution in [2.75, 3.05) is 13.1 Å². The Morgan fingerprint density at radius 3 is 2.25 bits per heavy atom. The van der Waals surface area contributed by atoms with Gasteiger partial charge in [0.1, 0.15) is 0 Å². The van der Waals surface area contributed by atoms with Gasteiger partial charge in [-0.2, -0.15) is 0 Å². The van der Waals surface area contributed by atoms with Crippen LogP contribution >= 0.6 is 0 Å². The molecule has 90 valence electrons. The summed E-state index contributed by atoms with van der Waals surface area (Å²) in [6.45, 7) is 8.93. The summed E-state index contributed by atoms with van der Waals surface area (Å²) in [5.41, 5.74) is 2.91. The van der Waals surface area contributed by atoms with Gasteiger partial charge in [-0.3, -0.25) is 0 Å². The van der Waals surface area contributed by atoms with E-state index in [2.05, 4.69) is 50.4 Å². The van der Waals surface area contributed by atoms with E-state index < -0.39 is 0 Å². The Balaban J connectivity index is 2.34. The first-order valence-electron chi connectivity index (χ1n) is 6.54. The van der Waals surface area contributed by atoms with Crippen LogP contribution in [0.1, 0.15) is 38.3 Å². The van der Waals surface area contributed by atoms with Crippen molar-refractivity contribution in [3.05, 3.63) is 35.4 Å². The number of aryl methyl sites for hydroxylation is 1. The SMILES string of the molecule is CCNCCC(C)Cc1ccc(CC)cc1. The predicted molar refractivity (Wildman–Crippen MR) is 71.8 cm³/mol. The van der Waals surface area contributed by atoms with Gasteiger partial charge in [0.25, 0.3) is 0 Å². The average Bonchev–Trinajstić information content (AvgIpc) is 2.30. The van der Waals surface area contributed by atoms with Crippen LogP contribution in [0.3, 0.4) is 0 Å². The fraction of sp³-hybridized carbons (Fsp3) is 0.600. The van der Waals surface area contributed by atoms with E-state index in [4.69, 9.17) is 0 Å². The Bertz CT molecular complexity index is 276. The van der Waals surface area contributed by atoms with Crippen molar-refractivity contribution in [1.82, 2.24) is 5.32 Å². The summed E-state index contributed by atoms with van der Waals surface area (Å²) in [5, 5.41) is 3.38. The molecule has 1 N–H and O–H groups in total. The highest BCUT2D eigenvalue weighted by molar-refractivity contribution is 5.22. The normalized spacial score (nSPS) is 12.7. The topological polar surface area (TPSA) is 12.0 Å². The molecule has 1 aromatic carbocycles. The lowest BCUT2D eigenvalue weighted by atomic mass is 9.97. The van der Waals surface area contributed by atoms with Crippen LogP contribution in [0.25, 0.3) is 0 Å². The molecule has 1 unspecified atom stereocenters. The van der Waals surface area contributed by atoms with Crippen molar-refractivity contribution < 1.29 is 0 Å². The molecule has 0 aliphatic carbocycles. The van der Waals surface area contributed by atoms with Crippen LogP contribution in [0.4, 0.5) is 0 Å². The van der Waals surface area contributed by atoms with Crippen LogP contribution in [0.15, 0.2) is 24.3 Å². The van der Waals surface area contributed by atoms with Crippen LogP contribution in [0.2, 0.25) is 0 Å². The Labute approximate surface area is 100 Å². The fourth-order valence-corrected chi connectivity index (χ4v) is 1.94. The van der Waals surface area contributed by atoms with E-state index in [0.29, 0.717) is 0 Å². The molecule has 1 rings (SSSR count). The molecular weight excluding hydrogens is 194 g/mol. The summed E-state index contributed by atoms with van der Waals surface area (Å²) in [5.74, 6) is 0.770. The second kappa shape index (κ2) is 7.45. The summed E-state index contributed by atoms with van der Waals surface area (Å²) in [6.07, 6.45) is 3.61. The first kappa shape index (κ1) is 13.2. The molecule has 16 heavy (non-hydrogen) atoms. The Kier molecular flexibility index (Phi) is 6.17. The van der Waals surface area contributed by atoms with E-state index in [-0.39, 0.29) is 0 Å². The second-order valence-electron chi connectivity index (χ2n) is 4.62. The summed E-state index contributed by atoms with van der Waals surface area (Å²) in [4.78, 5) is 0. The molecular formula is C15H25N. The second-order valence-corrected chi connectivity index (χ2v) is 4.62. The van der Waals surface area contributed by atoms with E-state index in [1.807, 2.05) is 0 Å². The van der Waals surface area contributed by atoms with Gasteiger partial charge in [0.15, 0.2) is 0 Å². The zero-order valence-corrected chi connectivity index (χ0v) is 10.9. The molecule has 1 nitrogen and oxygen atoms in total. The predicted octanol–water partition coefficient (Wildman–Crippen LogP) is 3.43. The third-order valence-electron chi connectivity index (χ3n) is 3.08. The maximum atomic E-state index is 3.38. The molecule has 0 aliphatic heterocycles. The van der Waals surface area contributed by atoms with Gasteiger partial charge >= 0.3 is 0 Å². The van der Waals surface area contributed by atoms with Crippen molar-refractivity contribution in [2.45, 2.75) is 40.0 Å². The summed E-state index contributed by atoms with van der Waals surface area (Å²) < 4.78 is 0. The molecule has 0 spiro atoms. The van der Waals surface area contributed by atoms with Crippen LogP contribution in [-0.4, -0.2) is 13.1 Å². The van der Waals surface area contributed by atoms with E-state index >= 15 is 0 Å². The monoisotopic (exact) mass is 219 g/mol. The molecule has 1 heteroatoms. The quantitative estimate of drug-likeness (QED) is 0.693. The number of benzene rings is 1. The third kappa shape index (κ3) is 4.80. The summed E-state index contributed by atoms with van der Waals surface area (Å²) >= 11 is 0. The van der Waals surface area contributed by atoms with E-state index in [9.17, 15) is 0 Å². The molecule has 0 bridgehead atoms. The van der Waals surface area contributed by atoms with Crippen molar-refractivity contribution in [3.8, 4) is 0 Å². The molecule has 0 fully saturated rings. The fourth-order valence-electron chi connectivity index (χ4n) is 1.94. The number of rotatable bonds is 7. The molecule has 0 saturated heterocycles. The molecule has 0 radical (unpaired) electrons. The van der Waals surface area contributed by atoms with Crippen LogP contribution in [0, 0.1) is 5.92 Å². The van der Waals surface area contributed by atoms with Crippen molar-refractivity contribution in [3.63, 3.8) is 0 Å². The van der Waals surface area contributed by atoms with Crippen LogP contribution in [-0.2, 0) is 12.8 Å². The standard InChI is InChI=1S/C15H25N/c1-4-14-6-8-15(9-7-14)12-13(3)10-11-16-5-2/h6-9,13,16H,4-5,10-12H2,1-3H3. The van der Waals surface area contributed by atoms with Crippen molar-refractivity contribution in [1.29, 1.82) is 0 Å². The Hall–Kier alpha value is -0.820. The van der Waals surface area contributed by atoms with Gasteiger partial charge in [-0.05, 0) is 49.4 Å². The lowest BCUT2D eigenvalue weighted by Crippen LogP contribution is -2.17. The molecule has 1 atom stereocenters. The van der Waals surface area contributed by atoms with E-state index in [1.165, 1.54) is 24.0 Å². The maximum absolute atomic E-state index is 3.38. The minimum atomic E-state index is 0.770. The largest absolute Gasteiger partial charge is 0.317 e. The Morgan fingerprint density at radius 1 is 1.06 bits per heavy atom. The van der Waals surface area contributed by atoms with Gasteiger partial charge in [0, 0.05) is 0 Å². The van der Waals surface area contributed by atoms with Gasteiger partial charge in [-0.15, -0.1) is 0 Å². The van der Waals surface area contributed by atoms with Gasteiger partial charge < -0.3 is 5.32 Å². The first-order valence-corrected chi connectivity index (χ1v) is 6.54. The first-order chi connectivity index (χ1) is 7.76. The van der Waals surface area contributed by atoms with Gasteiger partial charge in [-0.1, -0.05) is 45.0 Å². The smallest absolute Gasteiger partial charge is 0.00464 e. The van der Waals surface area contributed by atoms with Crippen LogP contribution in [0.5, 0.6) is 0 Å². The molecule has 0 aromatic heterocycles. The summed E-state index contributed by atoms with van der Waals surface area (Å²) in [7, 11) is 0. The lowest BCUT2D eigenvalue weighted by molar-refractivity contribution is 0.504. The highest BCUT2D eigenvalue weighted by atomic mass is 14.8. The molecule has 0 heterocycles. The van der Waals surface area contributed by atoms with Gasteiger partial charge in [0.2, 0.25) is 0 Å². The molecule has 0 amide bonds. The minimum Gasteiger partial charge on any atom is -0.317 e. The van der Waals surface area contributed by atoms with E-state index in [0.717, 1.165) is 25.4 Å². The third-order valence-corrected chi connectivity index (χ3v) is 3.08.